The van der Waals surface area contributed by atoms with Crippen molar-refractivity contribution in [3.05, 3.63) is 51.8 Å². The predicted molar refractivity (Wildman–Crippen MR) is 104 cm³/mol. The zero-order valence-electron chi connectivity index (χ0n) is 15.8. The van der Waals surface area contributed by atoms with E-state index in [-0.39, 0.29) is 17.6 Å². The molecule has 3 aromatic heterocycles. The van der Waals surface area contributed by atoms with Gasteiger partial charge in [-0.05, 0) is 50.3 Å². The van der Waals surface area contributed by atoms with Crippen LogP contribution in [0.1, 0.15) is 36.0 Å². The molecule has 1 aliphatic carbocycles. The molecule has 1 N–H and O–H groups in total. The number of rotatable bonds is 3. The van der Waals surface area contributed by atoms with Crippen molar-refractivity contribution in [2.24, 2.45) is 0 Å². The molecule has 1 aliphatic heterocycles. The lowest BCUT2D eigenvalue weighted by Crippen LogP contribution is -2.38. The highest BCUT2D eigenvalue weighted by Gasteiger charge is 2.33. The van der Waals surface area contributed by atoms with Gasteiger partial charge in [0.2, 0.25) is 0 Å². The fraction of sp³-hybridized carbons (Fsp3) is 0.450. The van der Waals surface area contributed by atoms with Crippen molar-refractivity contribution in [3.63, 3.8) is 0 Å². The van der Waals surface area contributed by atoms with E-state index in [1.807, 2.05) is 19.1 Å². The molecule has 4 heterocycles. The molecular formula is C20H22N6O2. The number of hydrogen-bond donors (Lipinski definition) is 1. The van der Waals surface area contributed by atoms with E-state index in [2.05, 4.69) is 20.3 Å². The van der Waals surface area contributed by atoms with E-state index in [0.717, 1.165) is 42.3 Å². The Labute approximate surface area is 162 Å². The molecule has 0 amide bonds. The van der Waals surface area contributed by atoms with Crippen LogP contribution in [0.4, 0.5) is 5.82 Å². The van der Waals surface area contributed by atoms with Crippen LogP contribution in [0.15, 0.2) is 29.2 Å². The number of fused-ring (bicyclic) bond motifs is 2. The number of pyridine rings is 1. The highest BCUT2D eigenvalue weighted by Crippen LogP contribution is 2.26. The monoisotopic (exact) mass is 378 g/mol. The lowest BCUT2D eigenvalue weighted by Gasteiger charge is -2.23. The summed E-state index contributed by atoms with van der Waals surface area (Å²) in [6.45, 7) is 2.78. The number of ether oxygens (including phenoxy) is 1. The molecule has 8 heteroatoms. The Morgan fingerprint density at radius 3 is 3.04 bits per heavy atom. The Morgan fingerprint density at radius 2 is 2.11 bits per heavy atom. The summed E-state index contributed by atoms with van der Waals surface area (Å²) in [5, 5.41) is 9.02. The number of aryl methyl sites for hydroxylation is 3. The third-order valence-electron chi connectivity index (χ3n) is 5.50. The van der Waals surface area contributed by atoms with Crippen molar-refractivity contribution in [1.82, 2.24) is 24.7 Å². The van der Waals surface area contributed by atoms with Crippen LogP contribution in [-0.2, 0) is 17.6 Å². The first-order chi connectivity index (χ1) is 13.7. The molecule has 3 aromatic rings. The van der Waals surface area contributed by atoms with Gasteiger partial charge in [0.05, 0.1) is 30.3 Å². The van der Waals surface area contributed by atoms with Gasteiger partial charge in [-0.3, -0.25) is 4.79 Å². The molecule has 5 rings (SSSR count). The lowest BCUT2D eigenvalue weighted by atomic mass is 9.97. The Hall–Kier alpha value is -2.87. The molecule has 0 radical (unpaired) electrons. The van der Waals surface area contributed by atoms with Crippen LogP contribution in [0.3, 0.4) is 0 Å². The zero-order valence-corrected chi connectivity index (χ0v) is 15.8. The Kier molecular flexibility index (Phi) is 4.27. The number of anilines is 1. The van der Waals surface area contributed by atoms with Crippen LogP contribution in [0.2, 0.25) is 0 Å². The normalized spacial score (nSPS) is 21.6. The molecule has 2 atom stereocenters. The lowest BCUT2D eigenvalue weighted by molar-refractivity contribution is 0.182. The van der Waals surface area contributed by atoms with Gasteiger partial charge in [0.15, 0.2) is 5.65 Å². The first-order valence-corrected chi connectivity index (χ1v) is 9.74. The zero-order chi connectivity index (χ0) is 19.1. The Balaban J connectivity index is 1.50. The minimum atomic E-state index is -0.179. The van der Waals surface area contributed by atoms with E-state index in [1.165, 1.54) is 0 Å². The van der Waals surface area contributed by atoms with Crippen LogP contribution in [0, 0.1) is 6.92 Å². The number of hydrogen-bond acceptors (Lipinski definition) is 7. The first kappa shape index (κ1) is 17.2. The smallest absolute Gasteiger partial charge is 0.267 e. The van der Waals surface area contributed by atoms with E-state index in [4.69, 9.17) is 9.84 Å². The van der Waals surface area contributed by atoms with E-state index < -0.39 is 0 Å². The van der Waals surface area contributed by atoms with Crippen LogP contribution >= 0.6 is 0 Å². The molecule has 0 saturated carbocycles. The summed E-state index contributed by atoms with van der Waals surface area (Å²) in [5.74, 6) is 1.36. The number of nitrogens with zero attached hydrogens (tertiary/aromatic N) is 5. The highest BCUT2D eigenvalue weighted by atomic mass is 16.5. The van der Waals surface area contributed by atoms with Crippen molar-refractivity contribution in [3.8, 4) is 0 Å². The second-order valence-corrected chi connectivity index (χ2v) is 7.46. The van der Waals surface area contributed by atoms with Gasteiger partial charge in [-0.2, -0.15) is 5.10 Å². The van der Waals surface area contributed by atoms with Crippen molar-refractivity contribution in [1.29, 1.82) is 0 Å². The van der Waals surface area contributed by atoms with Crippen LogP contribution in [0.25, 0.3) is 11.0 Å². The van der Waals surface area contributed by atoms with Crippen LogP contribution in [-0.4, -0.2) is 44.0 Å². The standard InChI is InChI=1S/C20H22N6O2/c1-12-22-19-14(6-4-8-21-19)20(23-12)24-16-10-28-11-17(16)26-18(27)9-13-5-2-3-7-15(13)25-26/h4,6,8-9,16-17H,2-3,5,7,10-11H2,1H3,(H,21,22,23,24). The van der Waals surface area contributed by atoms with Crippen LogP contribution in [0.5, 0.6) is 0 Å². The molecule has 2 aliphatic rings. The predicted octanol–water partition coefficient (Wildman–Crippen LogP) is 1.82. The van der Waals surface area contributed by atoms with E-state index in [1.54, 1.807) is 16.9 Å². The maximum absolute atomic E-state index is 12.7. The molecule has 144 valence electrons. The molecule has 0 spiro atoms. The second-order valence-electron chi connectivity index (χ2n) is 7.46. The van der Waals surface area contributed by atoms with Crippen LogP contribution < -0.4 is 10.9 Å². The highest BCUT2D eigenvalue weighted by molar-refractivity contribution is 5.86. The Morgan fingerprint density at radius 1 is 1.21 bits per heavy atom. The largest absolute Gasteiger partial charge is 0.377 e. The summed E-state index contributed by atoms with van der Waals surface area (Å²) in [7, 11) is 0. The molecule has 2 unspecified atom stereocenters. The van der Waals surface area contributed by atoms with E-state index in [9.17, 15) is 4.79 Å². The molecule has 1 saturated heterocycles. The van der Waals surface area contributed by atoms with Gasteiger partial charge in [-0.1, -0.05) is 0 Å². The summed E-state index contributed by atoms with van der Waals surface area (Å²) in [6.07, 6.45) is 5.85. The summed E-state index contributed by atoms with van der Waals surface area (Å²) >= 11 is 0. The summed E-state index contributed by atoms with van der Waals surface area (Å²) in [6, 6.07) is 5.28. The average Bonchev–Trinajstić information content (AvgIpc) is 3.15. The molecule has 0 bridgehead atoms. The van der Waals surface area contributed by atoms with Crippen molar-refractivity contribution < 1.29 is 4.74 Å². The fourth-order valence-corrected chi connectivity index (χ4v) is 4.09. The maximum Gasteiger partial charge on any atom is 0.267 e. The van der Waals surface area contributed by atoms with Gasteiger partial charge in [-0.15, -0.1) is 0 Å². The molecular weight excluding hydrogens is 356 g/mol. The maximum atomic E-state index is 12.7. The first-order valence-electron chi connectivity index (χ1n) is 9.74. The average molecular weight is 378 g/mol. The van der Waals surface area contributed by atoms with Gasteiger partial charge in [0.1, 0.15) is 17.7 Å². The van der Waals surface area contributed by atoms with Crippen molar-refractivity contribution in [2.45, 2.75) is 44.7 Å². The fourth-order valence-electron chi connectivity index (χ4n) is 4.09. The van der Waals surface area contributed by atoms with Gasteiger partial charge in [0.25, 0.3) is 5.56 Å². The van der Waals surface area contributed by atoms with E-state index in [0.29, 0.717) is 30.5 Å². The summed E-state index contributed by atoms with van der Waals surface area (Å²) in [5.41, 5.74) is 2.73. The molecule has 0 aromatic carbocycles. The quantitative estimate of drug-likeness (QED) is 0.743. The molecule has 28 heavy (non-hydrogen) atoms. The van der Waals surface area contributed by atoms with Gasteiger partial charge < -0.3 is 10.1 Å². The topological polar surface area (TPSA) is 94.8 Å². The minimum Gasteiger partial charge on any atom is -0.377 e. The van der Waals surface area contributed by atoms with Gasteiger partial charge in [-0.25, -0.2) is 19.6 Å². The van der Waals surface area contributed by atoms with Crippen molar-refractivity contribution >= 4 is 16.9 Å². The minimum absolute atomic E-state index is 0.0617. The van der Waals surface area contributed by atoms with E-state index >= 15 is 0 Å². The van der Waals surface area contributed by atoms with Gasteiger partial charge in [0, 0.05) is 12.3 Å². The third-order valence-corrected chi connectivity index (χ3v) is 5.50. The number of aromatic nitrogens is 5. The third kappa shape index (κ3) is 3.03. The summed E-state index contributed by atoms with van der Waals surface area (Å²) in [4.78, 5) is 26.0. The number of nitrogens with one attached hydrogen (secondary N) is 1. The second kappa shape index (κ2) is 6.94. The van der Waals surface area contributed by atoms with Crippen molar-refractivity contribution in [2.75, 3.05) is 18.5 Å². The molecule has 8 nitrogen and oxygen atoms in total. The SMILES string of the molecule is Cc1nc(NC2COCC2n2nc3c(cc2=O)CCCC3)c2cccnc2n1. The van der Waals surface area contributed by atoms with Gasteiger partial charge >= 0.3 is 0 Å². The molecule has 1 fully saturated rings. The summed E-state index contributed by atoms with van der Waals surface area (Å²) < 4.78 is 7.32. The Bertz CT molecular complexity index is 1100.